The van der Waals surface area contributed by atoms with Crippen LogP contribution in [0.3, 0.4) is 0 Å². The normalized spacial score (nSPS) is 10.4. The number of hydrogen-bond acceptors (Lipinski definition) is 3. The van der Waals surface area contributed by atoms with E-state index in [0.29, 0.717) is 6.07 Å². The summed E-state index contributed by atoms with van der Waals surface area (Å²) in [6, 6.07) is 2.56. The standard InChI is InChI=1S/C11H10F2N4O/c1-17-10(9(14)5-15-17)16-11(18)6-2-7(12)4-8(13)3-6/h2-5H,14H2,1H3,(H,16,18). The van der Waals surface area contributed by atoms with Crippen LogP contribution in [0.25, 0.3) is 0 Å². The SMILES string of the molecule is Cn1ncc(N)c1NC(=O)c1cc(F)cc(F)c1. The summed E-state index contributed by atoms with van der Waals surface area (Å²) in [6.45, 7) is 0. The number of anilines is 2. The molecule has 0 fully saturated rings. The van der Waals surface area contributed by atoms with Gasteiger partial charge in [-0.15, -0.1) is 0 Å². The fraction of sp³-hybridized carbons (Fsp3) is 0.0909. The zero-order chi connectivity index (χ0) is 13.3. The number of nitrogen functional groups attached to an aromatic ring is 1. The Labute approximate surface area is 101 Å². The summed E-state index contributed by atoms with van der Waals surface area (Å²) >= 11 is 0. The maximum absolute atomic E-state index is 13.0. The predicted octanol–water partition coefficient (Wildman–Crippen LogP) is 1.53. The summed E-state index contributed by atoms with van der Waals surface area (Å²) in [5.74, 6) is -2.04. The number of carbonyl (C=O) groups excluding carboxylic acids is 1. The van der Waals surface area contributed by atoms with Gasteiger partial charge in [-0.1, -0.05) is 0 Å². The van der Waals surface area contributed by atoms with Gasteiger partial charge in [-0.05, 0) is 12.1 Å². The van der Waals surface area contributed by atoms with E-state index in [1.54, 1.807) is 7.05 Å². The van der Waals surface area contributed by atoms with Gasteiger partial charge in [0.05, 0.1) is 11.9 Å². The zero-order valence-electron chi connectivity index (χ0n) is 9.45. The Kier molecular flexibility index (Phi) is 2.97. The minimum Gasteiger partial charge on any atom is -0.394 e. The molecule has 0 saturated carbocycles. The number of benzene rings is 1. The van der Waals surface area contributed by atoms with E-state index < -0.39 is 17.5 Å². The molecule has 1 amide bonds. The molecule has 0 atom stereocenters. The van der Waals surface area contributed by atoms with Crippen LogP contribution in [-0.4, -0.2) is 15.7 Å². The van der Waals surface area contributed by atoms with Gasteiger partial charge in [0.25, 0.3) is 5.91 Å². The van der Waals surface area contributed by atoms with Gasteiger partial charge in [0.1, 0.15) is 11.6 Å². The van der Waals surface area contributed by atoms with Crippen molar-refractivity contribution in [3.05, 3.63) is 41.6 Å². The lowest BCUT2D eigenvalue weighted by atomic mass is 10.2. The molecule has 7 heteroatoms. The number of halogens is 2. The highest BCUT2D eigenvalue weighted by atomic mass is 19.1. The van der Waals surface area contributed by atoms with Crippen LogP contribution in [0.1, 0.15) is 10.4 Å². The topological polar surface area (TPSA) is 72.9 Å². The summed E-state index contributed by atoms with van der Waals surface area (Å²) < 4.78 is 27.3. The zero-order valence-corrected chi connectivity index (χ0v) is 9.45. The van der Waals surface area contributed by atoms with Crippen LogP contribution in [0.5, 0.6) is 0 Å². The average Bonchev–Trinajstić information content (AvgIpc) is 2.59. The van der Waals surface area contributed by atoms with Crippen LogP contribution in [0.15, 0.2) is 24.4 Å². The van der Waals surface area contributed by atoms with E-state index in [4.69, 9.17) is 5.73 Å². The number of aryl methyl sites for hydroxylation is 1. The van der Waals surface area contributed by atoms with E-state index in [9.17, 15) is 13.6 Å². The van der Waals surface area contributed by atoms with Gasteiger partial charge in [0.2, 0.25) is 0 Å². The molecule has 1 aromatic heterocycles. The molecule has 0 aliphatic heterocycles. The fourth-order valence-electron chi connectivity index (χ4n) is 1.47. The second-order valence-corrected chi connectivity index (χ2v) is 3.68. The fourth-order valence-corrected chi connectivity index (χ4v) is 1.47. The second-order valence-electron chi connectivity index (χ2n) is 3.68. The van der Waals surface area contributed by atoms with Crippen molar-refractivity contribution in [3.63, 3.8) is 0 Å². The van der Waals surface area contributed by atoms with Gasteiger partial charge in [-0.3, -0.25) is 9.48 Å². The van der Waals surface area contributed by atoms with E-state index in [1.165, 1.54) is 10.9 Å². The number of carbonyl (C=O) groups is 1. The summed E-state index contributed by atoms with van der Waals surface area (Å²) in [6.07, 6.45) is 1.36. The van der Waals surface area contributed by atoms with E-state index in [2.05, 4.69) is 10.4 Å². The number of aromatic nitrogens is 2. The Morgan fingerprint density at radius 1 is 1.33 bits per heavy atom. The molecule has 0 bridgehead atoms. The second kappa shape index (κ2) is 4.44. The number of hydrogen-bond donors (Lipinski definition) is 2. The first-order chi connectivity index (χ1) is 8.47. The van der Waals surface area contributed by atoms with E-state index in [1.807, 2.05) is 0 Å². The minimum atomic E-state index is -0.821. The first-order valence-corrected chi connectivity index (χ1v) is 5.02. The van der Waals surface area contributed by atoms with Crippen LogP contribution in [0.2, 0.25) is 0 Å². The molecular weight excluding hydrogens is 242 g/mol. The molecule has 0 radical (unpaired) electrons. The van der Waals surface area contributed by atoms with Crippen LogP contribution in [0, 0.1) is 11.6 Å². The van der Waals surface area contributed by atoms with Gasteiger partial charge in [-0.25, -0.2) is 8.78 Å². The first-order valence-electron chi connectivity index (χ1n) is 5.02. The lowest BCUT2D eigenvalue weighted by Crippen LogP contribution is -2.16. The molecule has 18 heavy (non-hydrogen) atoms. The summed E-state index contributed by atoms with van der Waals surface area (Å²) in [4.78, 5) is 11.8. The van der Waals surface area contributed by atoms with Crippen molar-refractivity contribution in [2.75, 3.05) is 11.1 Å². The Morgan fingerprint density at radius 2 is 1.94 bits per heavy atom. The summed E-state index contributed by atoms with van der Waals surface area (Å²) in [7, 11) is 1.58. The van der Waals surface area contributed by atoms with Crippen molar-refractivity contribution in [2.24, 2.45) is 7.05 Å². The number of nitrogens with two attached hydrogens (primary N) is 1. The highest BCUT2D eigenvalue weighted by Crippen LogP contribution is 2.17. The largest absolute Gasteiger partial charge is 0.394 e. The van der Waals surface area contributed by atoms with Crippen molar-refractivity contribution in [2.45, 2.75) is 0 Å². The number of amides is 1. The molecule has 0 saturated heterocycles. The van der Waals surface area contributed by atoms with E-state index >= 15 is 0 Å². The Bertz CT molecular complexity index is 569. The van der Waals surface area contributed by atoms with Gasteiger partial charge in [-0.2, -0.15) is 5.10 Å². The number of rotatable bonds is 2. The minimum absolute atomic E-state index is 0.131. The lowest BCUT2D eigenvalue weighted by molar-refractivity contribution is 0.102. The maximum atomic E-state index is 13.0. The maximum Gasteiger partial charge on any atom is 0.257 e. The summed E-state index contributed by atoms with van der Waals surface area (Å²) in [5.41, 5.74) is 5.72. The van der Waals surface area contributed by atoms with Crippen molar-refractivity contribution in [3.8, 4) is 0 Å². The quantitative estimate of drug-likeness (QED) is 0.851. The van der Waals surface area contributed by atoms with Crippen LogP contribution < -0.4 is 11.1 Å². The van der Waals surface area contributed by atoms with Gasteiger partial charge in [0, 0.05) is 18.7 Å². The van der Waals surface area contributed by atoms with Gasteiger partial charge < -0.3 is 11.1 Å². The highest BCUT2D eigenvalue weighted by Gasteiger charge is 2.13. The molecule has 2 rings (SSSR count). The smallest absolute Gasteiger partial charge is 0.257 e. The van der Waals surface area contributed by atoms with Crippen LogP contribution in [-0.2, 0) is 7.05 Å². The highest BCUT2D eigenvalue weighted by molar-refractivity contribution is 6.05. The molecule has 2 aromatic rings. The van der Waals surface area contributed by atoms with Crippen molar-refractivity contribution in [1.29, 1.82) is 0 Å². The molecule has 0 aliphatic carbocycles. The predicted molar refractivity (Wildman–Crippen MR) is 61.9 cm³/mol. The Balaban J connectivity index is 2.27. The molecule has 0 aliphatic rings. The van der Waals surface area contributed by atoms with Gasteiger partial charge >= 0.3 is 0 Å². The van der Waals surface area contributed by atoms with E-state index in [-0.39, 0.29) is 17.1 Å². The third-order valence-electron chi connectivity index (χ3n) is 2.32. The summed E-state index contributed by atoms with van der Waals surface area (Å²) in [5, 5.41) is 6.26. The third-order valence-corrected chi connectivity index (χ3v) is 2.32. The van der Waals surface area contributed by atoms with Crippen molar-refractivity contribution < 1.29 is 13.6 Å². The van der Waals surface area contributed by atoms with Crippen molar-refractivity contribution >= 4 is 17.4 Å². The molecule has 1 aromatic carbocycles. The molecule has 94 valence electrons. The Morgan fingerprint density at radius 3 is 2.44 bits per heavy atom. The number of nitrogens with one attached hydrogen (secondary N) is 1. The Hall–Kier alpha value is -2.44. The van der Waals surface area contributed by atoms with Crippen LogP contribution in [0.4, 0.5) is 20.3 Å². The molecule has 0 spiro atoms. The molecule has 3 N–H and O–H groups in total. The molecule has 0 unspecified atom stereocenters. The van der Waals surface area contributed by atoms with Crippen molar-refractivity contribution in [1.82, 2.24) is 9.78 Å². The lowest BCUT2D eigenvalue weighted by Gasteiger charge is -2.06. The van der Waals surface area contributed by atoms with Crippen LogP contribution >= 0.6 is 0 Å². The van der Waals surface area contributed by atoms with Gasteiger partial charge in [0.15, 0.2) is 5.82 Å². The average molecular weight is 252 g/mol. The molecule has 5 nitrogen and oxygen atoms in total. The molecular formula is C11H10F2N4O. The monoisotopic (exact) mass is 252 g/mol. The third kappa shape index (κ3) is 2.29. The van der Waals surface area contributed by atoms with E-state index in [0.717, 1.165) is 12.1 Å². The molecule has 1 heterocycles. The number of nitrogens with zero attached hydrogens (tertiary/aromatic N) is 2. The first kappa shape index (κ1) is 12.0.